The van der Waals surface area contributed by atoms with Crippen molar-refractivity contribution in [2.75, 3.05) is 19.0 Å². The zero-order valence-corrected chi connectivity index (χ0v) is 16.1. The van der Waals surface area contributed by atoms with Crippen LogP contribution in [0.3, 0.4) is 0 Å². The van der Waals surface area contributed by atoms with Crippen molar-refractivity contribution in [3.05, 3.63) is 78.8 Å². The van der Waals surface area contributed by atoms with Crippen molar-refractivity contribution >= 4 is 23.3 Å². The lowest BCUT2D eigenvalue weighted by Gasteiger charge is -2.08. The van der Waals surface area contributed by atoms with Crippen molar-refractivity contribution in [2.45, 2.75) is 0 Å². The second-order valence-electron chi connectivity index (χ2n) is 6.38. The van der Waals surface area contributed by atoms with Crippen LogP contribution in [0.1, 0.15) is 10.4 Å². The Morgan fingerprint density at radius 3 is 2.70 bits per heavy atom. The molecule has 4 aromatic rings. The first-order valence-electron chi connectivity index (χ1n) is 9.13. The molecule has 0 bridgehead atoms. The lowest BCUT2D eigenvalue weighted by Crippen LogP contribution is -2.14. The van der Waals surface area contributed by atoms with Gasteiger partial charge in [-0.1, -0.05) is 18.2 Å². The quantitative estimate of drug-likeness (QED) is 0.498. The number of rotatable bonds is 6. The molecule has 0 fully saturated rings. The van der Waals surface area contributed by atoms with Crippen LogP contribution in [0.2, 0.25) is 0 Å². The Balaban J connectivity index is 1.44. The van der Waals surface area contributed by atoms with Gasteiger partial charge in [-0.15, -0.1) is 0 Å². The van der Waals surface area contributed by atoms with Gasteiger partial charge < -0.3 is 14.8 Å². The molecule has 0 saturated carbocycles. The number of hydrogen-bond donors (Lipinski definition) is 1. The molecule has 150 valence electrons. The van der Waals surface area contributed by atoms with Gasteiger partial charge in [-0.05, 0) is 36.4 Å². The highest BCUT2D eigenvalue weighted by molar-refractivity contribution is 6.04. The van der Waals surface area contributed by atoms with Gasteiger partial charge in [0.05, 0.1) is 12.8 Å². The number of carbonyl (C=O) groups is 2. The third-order valence-corrected chi connectivity index (χ3v) is 4.35. The van der Waals surface area contributed by atoms with Gasteiger partial charge in [-0.25, -0.2) is 14.8 Å². The van der Waals surface area contributed by atoms with Crippen molar-refractivity contribution < 1.29 is 19.1 Å². The van der Waals surface area contributed by atoms with E-state index in [9.17, 15) is 9.59 Å². The number of nitrogens with zero attached hydrogens (tertiary/aromatic N) is 3. The summed E-state index contributed by atoms with van der Waals surface area (Å²) in [6.07, 6.45) is 5.48. The van der Waals surface area contributed by atoms with Crippen LogP contribution in [0.15, 0.2) is 73.2 Å². The second-order valence-corrected chi connectivity index (χ2v) is 6.38. The highest BCUT2D eigenvalue weighted by Crippen LogP contribution is 2.21. The van der Waals surface area contributed by atoms with Gasteiger partial charge in [-0.3, -0.25) is 9.20 Å². The number of methoxy groups -OCH3 is 1. The van der Waals surface area contributed by atoms with Gasteiger partial charge in [0.2, 0.25) is 5.78 Å². The molecule has 0 saturated heterocycles. The minimum absolute atomic E-state index is 0.221. The van der Waals surface area contributed by atoms with E-state index in [0.717, 1.165) is 11.3 Å². The molecule has 0 aliphatic heterocycles. The Morgan fingerprint density at radius 2 is 1.93 bits per heavy atom. The average molecular weight is 402 g/mol. The van der Waals surface area contributed by atoms with Gasteiger partial charge in [0.15, 0.2) is 6.61 Å². The van der Waals surface area contributed by atoms with Crippen LogP contribution in [0.25, 0.3) is 17.0 Å². The Kier molecular flexibility index (Phi) is 5.38. The fraction of sp³-hybridized carbons (Fsp3) is 0.0909. The van der Waals surface area contributed by atoms with E-state index in [-0.39, 0.29) is 12.5 Å². The fourth-order valence-electron chi connectivity index (χ4n) is 2.82. The number of amides is 1. The maximum atomic E-state index is 12.6. The largest absolute Gasteiger partial charge is 0.482 e. The van der Waals surface area contributed by atoms with Gasteiger partial charge in [0, 0.05) is 35.4 Å². The molecule has 8 heteroatoms. The van der Waals surface area contributed by atoms with E-state index in [4.69, 9.17) is 4.74 Å². The molecule has 2 aromatic carbocycles. The predicted molar refractivity (Wildman–Crippen MR) is 110 cm³/mol. The van der Waals surface area contributed by atoms with Gasteiger partial charge >= 0.3 is 5.97 Å². The molecule has 0 aliphatic carbocycles. The maximum Gasteiger partial charge on any atom is 0.343 e. The maximum absolute atomic E-state index is 12.6. The fourth-order valence-corrected chi connectivity index (χ4v) is 2.82. The minimum atomic E-state index is -0.494. The Bertz CT molecular complexity index is 1170. The van der Waals surface area contributed by atoms with Crippen LogP contribution < -0.4 is 10.1 Å². The number of benzene rings is 2. The monoisotopic (exact) mass is 402 g/mol. The number of fused-ring (bicyclic) bond motifs is 1. The second kappa shape index (κ2) is 8.44. The van der Waals surface area contributed by atoms with Crippen LogP contribution in [0, 0.1) is 0 Å². The lowest BCUT2D eigenvalue weighted by molar-refractivity contribution is -0.142. The van der Waals surface area contributed by atoms with Crippen LogP contribution in [0.4, 0.5) is 5.69 Å². The van der Waals surface area contributed by atoms with Crippen molar-refractivity contribution in [1.82, 2.24) is 14.4 Å². The summed E-state index contributed by atoms with van der Waals surface area (Å²) in [5.74, 6) is 0.248. The molecule has 2 heterocycles. The Morgan fingerprint density at radius 1 is 1.10 bits per heavy atom. The number of carbonyl (C=O) groups excluding carboxylic acids is 2. The van der Waals surface area contributed by atoms with Crippen molar-refractivity contribution in [1.29, 1.82) is 0 Å². The van der Waals surface area contributed by atoms with Crippen molar-refractivity contribution in [3.63, 3.8) is 0 Å². The molecule has 0 atom stereocenters. The van der Waals surface area contributed by atoms with E-state index in [0.29, 0.717) is 22.8 Å². The lowest BCUT2D eigenvalue weighted by atomic mass is 10.1. The number of esters is 1. The van der Waals surface area contributed by atoms with Crippen molar-refractivity contribution in [2.24, 2.45) is 0 Å². The topological polar surface area (TPSA) is 94.8 Å². The number of imidazole rings is 1. The van der Waals surface area contributed by atoms with Gasteiger partial charge in [0.1, 0.15) is 5.75 Å². The summed E-state index contributed by atoms with van der Waals surface area (Å²) < 4.78 is 11.7. The highest BCUT2D eigenvalue weighted by atomic mass is 16.6. The number of hydrogen-bond acceptors (Lipinski definition) is 6. The number of nitrogens with one attached hydrogen (secondary N) is 1. The third-order valence-electron chi connectivity index (χ3n) is 4.35. The summed E-state index contributed by atoms with van der Waals surface area (Å²) in [6, 6.07) is 15.8. The zero-order chi connectivity index (χ0) is 20.9. The Labute approximate surface area is 172 Å². The molecule has 2 aromatic heterocycles. The van der Waals surface area contributed by atoms with Crippen LogP contribution in [-0.2, 0) is 9.53 Å². The highest BCUT2D eigenvalue weighted by Gasteiger charge is 2.10. The first-order valence-corrected chi connectivity index (χ1v) is 9.13. The van der Waals surface area contributed by atoms with E-state index in [2.05, 4.69) is 20.0 Å². The van der Waals surface area contributed by atoms with Crippen molar-refractivity contribution in [3.8, 4) is 17.0 Å². The van der Waals surface area contributed by atoms with Gasteiger partial charge in [-0.2, -0.15) is 0 Å². The standard InChI is InChI=1S/C22H18N4O4/c1-29-20(27)14-30-18-5-2-4-16(12-18)21(28)24-17-8-6-15(7-9-17)19-13-26-11-3-10-23-22(26)25-19/h2-13H,14H2,1H3,(H,24,28). The van der Waals surface area contributed by atoms with E-state index >= 15 is 0 Å². The molecule has 0 aliphatic rings. The summed E-state index contributed by atoms with van der Waals surface area (Å²) in [6.45, 7) is -0.221. The van der Waals surface area contributed by atoms with Crippen LogP contribution in [0.5, 0.6) is 5.75 Å². The molecular formula is C22H18N4O4. The van der Waals surface area contributed by atoms with Crippen LogP contribution in [-0.4, -0.2) is 40.0 Å². The predicted octanol–water partition coefficient (Wildman–Crippen LogP) is 3.20. The molecule has 1 N–H and O–H groups in total. The van der Waals surface area contributed by atoms with Crippen LogP contribution >= 0.6 is 0 Å². The summed E-state index contributed by atoms with van der Waals surface area (Å²) in [7, 11) is 1.28. The van der Waals surface area contributed by atoms with Gasteiger partial charge in [0.25, 0.3) is 5.91 Å². The number of aromatic nitrogens is 3. The zero-order valence-electron chi connectivity index (χ0n) is 16.1. The molecule has 0 unspecified atom stereocenters. The summed E-state index contributed by atoms with van der Waals surface area (Å²) in [5, 5.41) is 2.84. The van der Waals surface area contributed by atoms with E-state index in [1.807, 2.05) is 47.1 Å². The molecule has 30 heavy (non-hydrogen) atoms. The summed E-state index contributed by atoms with van der Waals surface area (Å²) >= 11 is 0. The smallest absolute Gasteiger partial charge is 0.343 e. The molecular weight excluding hydrogens is 384 g/mol. The average Bonchev–Trinajstić information content (AvgIpc) is 3.22. The third kappa shape index (κ3) is 4.27. The van der Waals surface area contributed by atoms with E-state index in [1.54, 1.807) is 30.5 Å². The first-order chi connectivity index (χ1) is 14.6. The molecule has 1 amide bonds. The SMILES string of the molecule is COC(=O)COc1cccc(C(=O)Nc2ccc(-c3cn4cccnc4n3)cc2)c1. The normalized spacial score (nSPS) is 10.6. The number of anilines is 1. The molecule has 0 radical (unpaired) electrons. The van der Waals surface area contributed by atoms with E-state index < -0.39 is 5.97 Å². The number of ether oxygens (including phenoxy) is 2. The first kappa shape index (κ1) is 19.1. The summed E-state index contributed by atoms with van der Waals surface area (Å²) in [5.41, 5.74) is 2.76. The Hall–Kier alpha value is -4.20. The molecule has 4 rings (SSSR count). The van der Waals surface area contributed by atoms with E-state index in [1.165, 1.54) is 7.11 Å². The minimum Gasteiger partial charge on any atom is -0.482 e. The summed E-state index contributed by atoms with van der Waals surface area (Å²) in [4.78, 5) is 32.4. The molecule has 8 nitrogen and oxygen atoms in total. The molecule has 0 spiro atoms.